The van der Waals surface area contributed by atoms with Gasteiger partial charge in [-0.2, -0.15) is 0 Å². The topological polar surface area (TPSA) is 60.2 Å². The van der Waals surface area contributed by atoms with Gasteiger partial charge >= 0.3 is 0 Å². The Morgan fingerprint density at radius 3 is 2.71 bits per heavy atom. The van der Waals surface area contributed by atoms with Crippen molar-refractivity contribution in [3.63, 3.8) is 0 Å². The normalized spacial score (nSPS) is 10.3. The molecular formula is C10H7NO2S. The molecule has 0 radical (unpaired) electrons. The SMILES string of the molecule is NC(=O)c1ccc2sc(=O)ccc2c1. The second kappa shape index (κ2) is 3.23. The molecule has 0 saturated carbocycles. The van der Waals surface area contributed by atoms with E-state index in [1.54, 1.807) is 24.3 Å². The van der Waals surface area contributed by atoms with E-state index >= 15 is 0 Å². The molecule has 0 saturated heterocycles. The molecular weight excluding hydrogens is 198 g/mol. The molecule has 0 atom stereocenters. The molecule has 0 unspecified atom stereocenters. The molecule has 70 valence electrons. The molecule has 0 spiro atoms. The second-order valence-corrected chi connectivity index (χ2v) is 3.92. The fourth-order valence-electron chi connectivity index (χ4n) is 1.23. The van der Waals surface area contributed by atoms with Crippen molar-refractivity contribution in [2.45, 2.75) is 0 Å². The fraction of sp³-hybridized carbons (Fsp3) is 0. The van der Waals surface area contributed by atoms with Gasteiger partial charge < -0.3 is 5.73 Å². The summed E-state index contributed by atoms with van der Waals surface area (Å²) in [5.74, 6) is -0.455. The third-order valence-corrected chi connectivity index (χ3v) is 2.83. The van der Waals surface area contributed by atoms with Gasteiger partial charge in [-0.15, -0.1) is 0 Å². The number of hydrogen-bond donors (Lipinski definition) is 1. The van der Waals surface area contributed by atoms with Crippen molar-refractivity contribution in [1.82, 2.24) is 0 Å². The molecule has 3 nitrogen and oxygen atoms in total. The Morgan fingerprint density at radius 1 is 1.21 bits per heavy atom. The van der Waals surface area contributed by atoms with Crippen LogP contribution in [0.25, 0.3) is 10.1 Å². The van der Waals surface area contributed by atoms with Crippen LogP contribution in [0.2, 0.25) is 0 Å². The quantitative estimate of drug-likeness (QED) is 0.764. The first-order valence-electron chi connectivity index (χ1n) is 4.00. The summed E-state index contributed by atoms with van der Waals surface area (Å²) in [7, 11) is 0. The van der Waals surface area contributed by atoms with Crippen molar-refractivity contribution in [1.29, 1.82) is 0 Å². The lowest BCUT2D eigenvalue weighted by Crippen LogP contribution is -2.10. The molecule has 4 heteroatoms. The average Bonchev–Trinajstić information content (AvgIpc) is 2.16. The summed E-state index contributed by atoms with van der Waals surface area (Å²) in [4.78, 5) is 21.9. The molecule has 0 aliphatic rings. The Balaban J connectivity index is 2.73. The highest BCUT2D eigenvalue weighted by Crippen LogP contribution is 2.16. The van der Waals surface area contributed by atoms with Gasteiger partial charge in [-0.1, -0.05) is 11.3 Å². The minimum Gasteiger partial charge on any atom is -0.366 e. The number of carbonyl (C=O) groups excluding carboxylic acids is 1. The Kier molecular flexibility index (Phi) is 2.05. The van der Waals surface area contributed by atoms with E-state index in [1.165, 1.54) is 6.07 Å². The van der Waals surface area contributed by atoms with Gasteiger partial charge in [-0.3, -0.25) is 9.59 Å². The Bertz CT molecular complexity index is 559. The van der Waals surface area contributed by atoms with E-state index in [9.17, 15) is 9.59 Å². The first-order chi connectivity index (χ1) is 6.66. The number of hydrogen-bond acceptors (Lipinski definition) is 3. The van der Waals surface area contributed by atoms with Gasteiger partial charge in [-0.05, 0) is 35.7 Å². The van der Waals surface area contributed by atoms with E-state index in [0.717, 1.165) is 21.4 Å². The van der Waals surface area contributed by atoms with Gasteiger partial charge in [0.2, 0.25) is 10.6 Å². The number of nitrogens with two attached hydrogens (primary N) is 1. The first-order valence-corrected chi connectivity index (χ1v) is 4.82. The molecule has 0 aliphatic carbocycles. The van der Waals surface area contributed by atoms with Gasteiger partial charge in [0, 0.05) is 10.3 Å². The molecule has 1 heterocycles. The zero-order valence-corrected chi connectivity index (χ0v) is 8.01. The second-order valence-electron chi connectivity index (χ2n) is 2.87. The lowest BCUT2D eigenvalue weighted by atomic mass is 10.1. The lowest BCUT2D eigenvalue weighted by Gasteiger charge is -1.97. The van der Waals surface area contributed by atoms with E-state index < -0.39 is 5.91 Å². The number of primary amides is 1. The van der Waals surface area contributed by atoms with Crippen LogP contribution in [0.1, 0.15) is 10.4 Å². The van der Waals surface area contributed by atoms with Crippen LogP contribution in [0.5, 0.6) is 0 Å². The van der Waals surface area contributed by atoms with Gasteiger partial charge in [0.25, 0.3) is 0 Å². The van der Waals surface area contributed by atoms with Crippen molar-refractivity contribution in [2.24, 2.45) is 5.73 Å². The monoisotopic (exact) mass is 205 g/mol. The van der Waals surface area contributed by atoms with Crippen molar-refractivity contribution in [2.75, 3.05) is 0 Å². The summed E-state index contributed by atoms with van der Waals surface area (Å²) in [6.45, 7) is 0. The Morgan fingerprint density at radius 2 is 2.00 bits per heavy atom. The van der Waals surface area contributed by atoms with Gasteiger partial charge in [0.15, 0.2) is 0 Å². The molecule has 2 N–H and O–H groups in total. The molecule has 1 amide bonds. The number of fused-ring (bicyclic) bond motifs is 1. The molecule has 0 bridgehead atoms. The standard InChI is InChI=1S/C10H7NO2S/c11-10(13)7-1-3-8-6(5-7)2-4-9(12)14-8/h1-5H,(H2,11,13). The van der Waals surface area contributed by atoms with Crippen LogP contribution in [-0.2, 0) is 0 Å². The number of carbonyl (C=O) groups is 1. The van der Waals surface area contributed by atoms with E-state index in [1.807, 2.05) is 0 Å². The van der Waals surface area contributed by atoms with Gasteiger partial charge in [0.1, 0.15) is 0 Å². The van der Waals surface area contributed by atoms with Crippen LogP contribution >= 0.6 is 11.3 Å². The number of rotatable bonds is 1. The zero-order chi connectivity index (χ0) is 10.1. The minimum atomic E-state index is -0.455. The maximum atomic E-state index is 11.0. The maximum Gasteiger partial charge on any atom is 0.248 e. The molecule has 2 aromatic rings. The first kappa shape index (κ1) is 8.90. The van der Waals surface area contributed by atoms with E-state index in [2.05, 4.69) is 0 Å². The summed E-state index contributed by atoms with van der Waals surface area (Å²) < 4.78 is 0.867. The average molecular weight is 205 g/mol. The van der Waals surface area contributed by atoms with E-state index in [-0.39, 0.29) is 4.74 Å². The molecule has 14 heavy (non-hydrogen) atoms. The highest BCUT2D eigenvalue weighted by molar-refractivity contribution is 7.16. The number of amides is 1. The highest BCUT2D eigenvalue weighted by atomic mass is 32.1. The van der Waals surface area contributed by atoms with E-state index in [0.29, 0.717) is 5.56 Å². The minimum absolute atomic E-state index is 0.00400. The molecule has 0 aliphatic heterocycles. The summed E-state index contributed by atoms with van der Waals surface area (Å²) >= 11 is 1.15. The summed E-state index contributed by atoms with van der Waals surface area (Å²) in [5.41, 5.74) is 5.60. The smallest absolute Gasteiger partial charge is 0.248 e. The zero-order valence-electron chi connectivity index (χ0n) is 7.19. The van der Waals surface area contributed by atoms with Crippen LogP contribution in [0.3, 0.4) is 0 Å². The molecule has 1 aromatic heterocycles. The van der Waals surface area contributed by atoms with Crippen molar-refractivity contribution < 1.29 is 4.79 Å². The van der Waals surface area contributed by atoms with Crippen LogP contribution in [0.4, 0.5) is 0 Å². The predicted molar refractivity (Wildman–Crippen MR) is 56.6 cm³/mol. The van der Waals surface area contributed by atoms with E-state index in [4.69, 9.17) is 5.73 Å². The molecule has 1 aromatic carbocycles. The molecule has 0 fully saturated rings. The summed E-state index contributed by atoms with van der Waals surface area (Å²) in [5, 5.41) is 0.867. The highest BCUT2D eigenvalue weighted by Gasteiger charge is 2.01. The lowest BCUT2D eigenvalue weighted by molar-refractivity contribution is 0.100. The van der Waals surface area contributed by atoms with Crippen molar-refractivity contribution in [3.05, 3.63) is 45.4 Å². The third-order valence-electron chi connectivity index (χ3n) is 1.90. The van der Waals surface area contributed by atoms with Gasteiger partial charge in [-0.25, -0.2) is 0 Å². The van der Waals surface area contributed by atoms with Crippen molar-refractivity contribution >= 4 is 27.3 Å². The third kappa shape index (κ3) is 1.52. The van der Waals surface area contributed by atoms with Crippen molar-refractivity contribution in [3.8, 4) is 0 Å². The van der Waals surface area contributed by atoms with Crippen LogP contribution < -0.4 is 10.5 Å². The fourth-order valence-corrected chi connectivity index (χ4v) is 1.96. The maximum absolute atomic E-state index is 11.0. The van der Waals surface area contributed by atoms with Crippen LogP contribution in [0, 0.1) is 0 Å². The summed E-state index contributed by atoms with van der Waals surface area (Å²) in [6, 6.07) is 8.23. The Labute approximate surface area is 83.8 Å². The molecule has 2 rings (SSSR count). The number of benzene rings is 1. The Hall–Kier alpha value is -1.68. The van der Waals surface area contributed by atoms with Crippen LogP contribution in [0.15, 0.2) is 35.1 Å². The predicted octanol–water partition coefficient (Wildman–Crippen LogP) is 1.36. The van der Waals surface area contributed by atoms with Gasteiger partial charge in [0.05, 0.1) is 0 Å². The van der Waals surface area contributed by atoms with Crippen LogP contribution in [-0.4, -0.2) is 5.91 Å². The summed E-state index contributed by atoms with van der Waals surface area (Å²) in [6.07, 6.45) is 0. The largest absolute Gasteiger partial charge is 0.366 e.